The van der Waals surface area contributed by atoms with Crippen molar-refractivity contribution >= 4 is 29.4 Å². The van der Waals surface area contributed by atoms with E-state index in [1.165, 1.54) is 12.0 Å². The minimum atomic E-state index is -0.395. The monoisotopic (exact) mass is 590 g/mol. The van der Waals surface area contributed by atoms with Crippen molar-refractivity contribution in [2.75, 3.05) is 7.11 Å². The number of hydrogen-bond acceptors (Lipinski definition) is 3. The molecule has 5 fully saturated rings. The summed E-state index contributed by atoms with van der Waals surface area (Å²) in [5, 5.41) is 0.715. The van der Waals surface area contributed by atoms with Gasteiger partial charge >= 0.3 is 5.97 Å². The Bertz CT molecular complexity index is 1340. The SMILES string of the molecule is C=C(C)[C@@H]1CC[C@]2(C(=O)OC)CC[C@]3(C)[C@H](CC[C@@H]4[C@@]5(C)C/C(=C/c6ccc(Cl)cc6)C(=O)C(C)(C)[C@H]5CC[C@]43C)[C@@H]12. The van der Waals surface area contributed by atoms with Gasteiger partial charge in [-0.2, -0.15) is 0 Å². The van der Waals surface area contributed by atoms with E-state index in [0.717, 1.165) is 62.5 Å². The minimum Gasteiger partial charge on any atom is -0.469 e. The number of Topliss-reactive ketones (excluding diaryl/α,β-unsaturated/α-hetero) is 1. The van der Waals surface area contributed by atoms with Gasteiger partial charge in [0.25, 0.3) is 0 Å². The van der Waals surface area contributed by atoms with E-state index in [9.17, 15) is 9.59 Å². The van der Waals surface area contributed by atoms with Gasteiger partial charge in [0, 0.05) is 10.4 Å². The lowest BCUT2D eigenvalue weighted by Gasteiger charge is -2.72. The second-order valence-electron chi connectivity index (χ2n) is 16.3. The number of hydrogen-bond donors (Lipinski definition) is 0. The smallest absolute Gasteiger partial charge is 0.312 e. The number of carbonyl (C=O) groups excluding carboxylic acids is 2. The number of methoxy groups -OCH3 is 1. The third kappa shape index (κ3) is 3.90. The Labute approximate surface area is 258 Å². The number of ketones is 1. The molecule has 228 valence electrons. The molecule has 5 saturated carbocycles. The minimum absolute atomic E-state index is 0.0192. The van der Waals surface area contributed by atoms with E-state index in [-0.39, 0.29) is 27.6 Å². The van der Waals surface area contributed by atoms with Crippen LogP contribution in [-0.4, -0.2) is 18.9 Å². The third-order valence-corrected chi connectivity index (χ3v) is 14.7. The highest BCUT2D eigenvalue weighted by molar-refractivity contribution is 6.30. The van der Waals surface area contributed by atoms with E-state index in [4.69, 9.17) is 16.3 Å². The van der Waals surface area contributed by atoms with Crippen LogP contribution in [0.2, 0.25) is 5.02 Å². The topological polar surface area (TPSA) is 43.4 Å². The highest BCUT2D eigenvalue weighted by atomic mass is 35.5. The first-order valence-corrected chi connectivity index (χ1v) is 16.8. The summed E-state index contributed by atoms with van der Waals surface area (Å²) in [6.45, 7) is 18.8. The fraction of sp³-hybridized carbons (Fsp3) is 0.684. The molecule has 3 nitrogen and oxygen atoms in total. The van der Waals surface area contributed by atoms with Crippen molar-refractivity contribution in [3.63, 3.8) is 0 Å². The van der Waals surface area contributed by atoms with Crippen LogP contribution in [0.15, 0.2) is 42.0 Å². The molecular formula is C38H51ClO3. The van der Waals surface area contributed by atoms with Gasteiger partial charge in [-0.15, -0.1) is 0 Å². The molecule has 5 aliphatic rings. The first kappa shape index (κ1) is 30.2. The average Bonchev–Trinajstić information content (AvgIpc) is 3.34. The van der Waals surface area contributed by atoms with Crippen LogP contribution in [0.5, 0.6) is 0 Å². The average molecular weight is 591 g/mol. The van der Waals surface area contributed by atoms with Crippen LogP contribution in [0.25, 0.3) is 6.08 Å². The fourth-order valence-electron chi connectivity index (χ4n) is 12.4. The molecule has 42 heavy (non-hydrogen) atoms. The largest absolute Gasteiger partial charge is 0.469 e. The lowest BCUT2D eigenvalue weighted by Crippen LogP contribution is -2.67. The Morgan fingerprint density at radius 2 is 1.62 bits per heavy atom. The molecule has 0 aromatic heterocycles. The predicted octanol–water partition coefficient (Wildman–Crippen LogP) is 9.73. The van der Waals surface area contributed by atoms with E-state index >= 15 is 0 Å². The maximum atomic E-state index is 14.1. The summed E-state index contributed by atoms with van der Waals surface area (Å²) in [6.07, 6.45) is 11.5. The summed E-state index contributed by atoms with van der Waals surface area (Å²) in [4.78, 5) is 27.6. The van der Waals surface area contributed by atoms with Crippen LogP contribution >= 0.6 is 11.6 Å². The van der Waals surface area contributed by atoms with E-state index in [2.05, 4.69) is 54.2 Å². The van der Waals surface area contributed by atoms with Crippen molar-refractivity contribution in [3.8, 4) is 0 Å². The maximum absolute atomic E-state index is 14.1. The zero-order valence-electron chi connectivity index (χ0n) is 26.9. The van der Waals surface area contributed by atoms with E-state index < -0.39 is 5.41 Å². The Kier molecular flexibility index (Phi) is 7.05. The zero-order chi connectivity index (χ0) is 30.5. The van der Waals surface area contributed by atoms with Gasteiger partial charge in [-0.3, -0.25) is 9.59 Å². The summed E-state index contributed by atoms with van der Waals surface area (Å²) >= 11 is 6.18. The normalized spacial score (nSPS) is 44.9. The number of allylic oxidation sites excluding steroid dienone is 2. The van der Waals surface area contributed by atoms with Gasteiger partial charge in [-0.1, -0.05) is 70.5 Å². The Hall–Kier alpha value is -1.87. The number of carbonyl (C=O) groups is 2. The zero-order valence-corrected chi connectivity index (χ0v) is 27.7. The number of esters is 1. The van der Waals surface area contributed by atoms with Crippen LogP contribution in [0.1, 0.15) is 105 Å². The molecule has 0 spiro atoms. The van der Waals surface area contributed by atoms with Crippen LogP contribution in [0.4, 0.5) is 0 Å². The van der Waals surface area contributed by atoms with Gasteiger partial charge in [0.05, 0.1) is 12.5 Å². The van der Waals surface area contributed by atoms with Gasteiger partial charge < -0.3 is 4.74 Å². The van der Waals surface area contributed by atoms with Crippen LogP contribution in [0.3, 0.4) is 0 Å². The van der Waals surface area contributed by atoms with E-state index in [1.807, 2.05) is 24.3 Å². The Balaban J connectivity index is 1.41. The maximum Gasteiger partial charge on any atom is 0.312 e. The number of rotatable bonds is 3. The van der Waals surface area contributed by atoms with Gasteiger partial charge in [0.1, 0.15) is 0 Å². The first-order chi connectivity index (χ1) is 19.7. The molecule has 0 aliphatic heterocycles. The third-order valence-electron chi connectivity index (χ3n) is 14.5. The number of ether oxygens (including phenoxy) is 1. The van der Waals surface area contributed by atoms with Crippen LogP contribution in [0, 0.1) is 56.7 Å². The van der Waals surface area contributed by atoms with Crippen molar-refractivity contribution in [2.45, 2.75) is 99.3 Å². The standard InChI is InChI=1S/C38H51ClO3/c1-23(2)27-15-18-38(33(41)42-8)20-19-36(6)28(31(27)38)13-14-30-35(5)22-25(21-24-9-11-26(39)12-10-24)32(40)34(3,4)29(35)16-17-37(30,36)7/h9-12,21,27-31H,1,13-20,22H2,2-8H3/b25-21-/t27-,28+,29+,30+,31+,35-,36+,37+,38-/m0/s1. The van der Waals surface area contributed by atoms with Crippen molar-refractivity contribution < 1.29 is 14.3 Å². The van der Waals surface area contributed by atoms with Crippen molar-refractivity contribution in [1.29, 1.82) is 0 Å². The number of halogens is 1. The van der Waals surface area contributed by atoms with Crippen molar-refractivity contribution in [1.82, 2.24) is 0 Å². The second-order valence-corrected chi connectivity index (χ2v) is 16.7. The van der Waals surface area contributed by atoms with E-state index in [0.29, 0.717) is 40.4 Å². The summed E-state index contributed by atoms with van der Waals surface area (Å²) in [7, 11) is 1.58. The quantitative estimate of drug-likeness (QED) is 0.200. The number of benzene rings is 1. The number of fused-ring (bicyclic) bond motifs is 7. The molecule has 0 unspecified atom stereocenters. The van der Waals surface area contributed by atoms with Gasteiger partial charge in [-0.05, 0) is 140 Å². The molecular weight excluding hydrogens is 540 g/mol. The molecule has 0 N–H and O–H groups in total. The Morgan fingerprint density at radius 1 is 0.929 bits per heavy atom. The molecule has 9 atom stereocenters. The van der Waals surface area contributed by atoms with Gasteiger partial charge in [0.2, 0.25) is 0 Å². The lowest BCUT2D eigenvalue weighted by atomic mass is 9.32. The van der Waals surface area contributed by atoms with Crippen LogP contribution < -0.4 is 0 Å². The predicted molar refractivity (Wildman–Crippen MR) is 171 cm³/mol. The molecule has 0 heterocycles. The fourth-order valence-corrected chi connectivity index (χ4v) is 12.6. The summed E-state index contributed by atoms with van der Waals surface area (Å²) in [5.41, 5.74) is 2.83. The molecule has 0 saturated heterocycles. The first-order valence-electron chi connectivity index (χ1n) is 16.4. The molecule has 0 bridgehead atoms. The lowest BCUT2D eigenvalue weighted by molar-refractivity contribution is -0.232. The second kappa shape index (κ2) is 9.82. The molecule has 4 heteroatoms. The summed E-state index contributed by atoms with van der Waals surface area (Å²) in [6, 6.07) is 7.87. The van der Waals surface area contributed by atoms with Crippen molar-refractivity contribution in [2.24, 2.45) is 56.7 Å². The molecule has 6 rings (SSSR count). The molecule has 1 aromatic rings. The van der Waals surface area contributed by atoms with Gasteiger partial charge in [0.15, 0.2) is 5.78 Å². The summed E-state index contributed by atoms with van der Waals surface area (Å²) in [5.74, 6) is 2.42. The molecule has 0 amide bonds. The Morgan fingerprint density at radius 3 is 2.26 bits per heavy atom. The summed E-state index contributed by atoms with van der Waals surface area (Å²) < 4.78 is 5.54. The van der Waals surface area contributed by atoms with Crippen LogP contribution in [-0.2, 0) is 14.3 Å². The molecule has 0 radical (unpaired) electrons. The van der Waals surface area contributed by atoms with E-state index in [1.54, 1.807) is 7.11 Å². The van der Waals surface area contributed by atoms with Gasteiger partial charge in [-0.25, -0.2) is 0 Å². The highest BCUT2D eigenvalue weighted by Crippen LogP contribution is 2.77. The van der Waals surface area contributed by atoms with Crippen molar-refractivity contribution in [3.05, 3.63) is 52.6 Å². The molecule has 1 aromatic carbocycles. The molecule has 5 aliphatic carbocycles. The highest BCUT2D eigenvalue weighted by Gasteiger charge is 2.72.